The Labute approximate surface area is 318 Å². The van der Waals surface area contributed by atoms with Gasteiger partial charge in [0.15, 0.2) is 0 Å². The third-order valence-electron chi connectivity index (χ3n) is 10.5. The van der Waals surface area contributed by atoms with Gasteiger partial charge in [-0.1, -0.05) is 176 Å². The summed E-state index contributed by atoms with van der Waals surface area (Å²) in [6.07, 6.45) is 0. The lowest BCUT2D eigenvalue weighted by atomic mass is 9.84. The average Bonchev–Trinajstić information content (AvgIpc) is 3.68. The molecule has 0 radical (unpaired) electrons. The zero-order chi connectivity index (χ0) is 41.8. The highest BCUT2D eigenvalue weighted by Crippen LogP contribution is 2.50. The number of hydrogen-bond donors (Lipinski definition) is 0. The SMILES string of the molecule is [2H]c1c([2H])c([2H])c2c(-c3c(-c4ccccc4)oc4ccc(-c5cccc6ccccc56)cc34)c3c([2H])c([2H])c([2H])c([2H])c3c(-c3ccc4ccc5ccccc5c4c3)c2c1[2H]. The molecule has 1 nitrogen and oxygen atoms in total. The maximum atomic E-state index is 9.70. The van der Waals surface area contributed by atoms with Crippen LogP contribution in [0.3, 0.4) is 0 Å². The van der Waals surface area contributed by atoms with Gasteiger partial charge in [-0.2, -0.15) is 0 Å². The molecule has 1 aromatic heterocycles. The molecule has 0 unspecified atom stereocenters. The van der Waals surface area contributed by atoms with E-state index in [9.17, 15) is 5.48 Å². The van der Waals surface area contributed by atoms with Gasteiger partial charge in [-0.3, -0.25) is 0 Å². The summed E-state index contributed by atoms with van der Waals surface area (Å²) in [5, 5.41) is 7.15. The van der Waals surface area contributed by atoms with E-state index in [4.69, 9.17) is 9.90 Å². The Kier molecular flexibility index (Phi) is 5.07. The molecule has 0 N–H and O–H groups in total. The number of fused-ring (bicyclic) bond motifs is 7. The van der Waals surface area contributed by atoms with E-state index in [0.29, 0.717) is 39.0 Å². The van der Waals surface area contributed by atoms with Crippen molar-refractivity contribution in [1.82, 2.24) is 0 Å². The Hall–Kier alpha value is -6.96. The fraction of sp³-hybridized carbons (Fsp3) is 0. The van der Waals surface area contributed by atoms with E-state index < -0.39 is 24.2 Å². The van der Waals surface area contributed by atoms with Crippen LogP contribution in [0.1, 0.15) is 11.0 Å². The van der Waals surface area contributed by atoms with Crippen molar-refractivity contribution in [3.8, 4) is 44.7 Å². The highest BCUT2D eigenvalue weighted by molar-refractivity contribution is 6.25. The minimum atomic E-state index is -0.458. The standard InChI is InChI=1S/C52H32O/c1-2-15-36(16-3-1)52-51(47-31-37(29-30-48(47)53-52)41-24-12-17-33-13-4-6-18-39(33)41)50-44-22-10-8-20-42(44)49(43-21-9-11-23-45(43)50)38-28-27-35-26-25-34-14-5-7-19-40(34)46(35)32-38/h1-32H/i8D,9D,10D,11D,20D,21D,22D,23D. The summed E-state index contributed by atoms with van der Waals surface area (Å²) in [7, 11) is 0. The molecule has 10 aromatic carbocycles. The number of hydrogen-bond acceptors (Lipinski definition) is 1. The molecule has 0 aliphatic rings. The van der Waals surface area contributed by atoms with Crippen molar-refractivity contribution in [3.63, 3.8) is 0 Å². The fourth-order valence-electron chi connectivity index (χ4n) is 8.10. The van der Waals surface area contributed by atoms with E-state index in [1.807, 2.05) is 115 Å². The maximum absolute atomic E-state index is 9.70. The van der Waals surface area contributed by atoms with Crippen LogP contribution in [-0.2, 0) is 0 Å². The second-order valence-corrected chi connectivity index (χ2v) is 13.4. The Morgan fingerprint density at radius 1 is 0.340 bits per heavy atom. The minimum absolute atomic E-state index is 0.131. The number of furan rings is 1. The summed E-state index contributed by atoms with van der Waals surface area (Å²) in [5.74, 6) is 0.401. The highest BCUT2D eigenvalue weighted by Gasteiger charge is 2.24. The van der Waals surface area contributed by atoms with Crippen LogP contribution in [-0.4, -0.2) is 0 Å². The van der Waals surface area contributed by atoms with E-state index in [0.717, 1.165) is 43.4 Å². The van der Waals surface area contributed by atoms with Gasteiger partial charge in [-0.25, -0.2) is 0 Å². The Morgan fingerprint density at radius 3 is 1.62 bits per heavy atom. The molecule has 1 heterocycles. The van der Waals surface area contributed by atoms with E-state index in [2.05, 4.69) is 30.3 Å². The third kappa shape index (κ3) is 4.64. The van der Waals surface area contributed by atoms with Gasteiger partial charge in [0.1, 0.15) is 11.3 Å². The van der Waals surface area contributed by atoms with Gasteiger partial charge >= 0.3 is 0 Å². The third-order valence-corrected chi connectivity index (χ3v) is 10.5. The first kappa shape index (κ1) is 22.8. The van der Waals surface area contributed by atoms with Crippen molar-refractivity contribution in [3.05, 3.63) is 194 Å². The van der Waals surface area contributed by atoms with Gasteiger partial charge < -0.3 is 4.42 Å². The Bertz CT molecular complexity index is 3600. The molecular formula is C52H32O. The quantitative estimate of drug-likeness (QED) is 0.133. The topological polar surface area (TPSA) is 13.1 Å². The predicted molar refractivity (Wildman–Crippen MR) is 225 cm³/mol. The van der Waals surface area contributed by atoms with Gasteiger partial charge in [0.05, 0.1) is 11.0 Å². The van der Waals surface area contributed by atoms with Crippen molar-refractivity contribution < 1.29 is 15.4 Å². The lowest BCUT2D eigenvalue weighted by Crippen LogP contribution is -1.92. The van der Waals surface area contributed by atoms with E-state index >= 15 is 0 Å². The lowest BCUT2D eigenvalue weighted by Gasteiger charge is -2.18. The molecule has 0 saturated heterocycles. The maximum Gasteiger partial charge on any atom is 0.143 e. The lowest BCUT2D eigenvalue weighted by molar-refractivity contribution is 0.632. The summed E-state index contributed by atoms with van der Waals surface area (Å²) in [5.41, 5.74) is 4.61. The van der Waals surface area contributed by atoms with Gasteiger partial charge in [0.2, 0.25) is 0 Å². The smallest absolute Gasteiger partial charge is 0.143 e. The van der Waals surface area contributed by atoms with E-state index in [1.165, 1.54) is 0 Å². The molecule has 246 valence electrons. The molecular weight excluding hydrogens is 641 g/mol. The van der Waals surface area contributed by atoms with Gasteiger partial charge in [0.25, 0.3) is 0 Å². The molecule has 0 spiro atoms. The van der Waals surface area contributed by atoms with Crippen LogP contribution in [0.2, 0.25) is 0 Å². The van der Waals surface area contributed by atoms with Crippen LogP contribution in [0.5, 0.6) is 0 Å². The largest absolute Gasteiger partial charge is 0.455 e. The van der Waals surface area contributed by atoms with Crippen LogP contribution in [0.15, 0.2) is 198 Å². The number of benzene rings is 10. The molecule has 0 fully saturated rings. The summed E-state index contributed by atoms with van der Waals surface area (Å²) in [6.45, 7) is 0. The van der Waals surface area contributed by atoms with Crippen molar-refractivity contribution in [2.45, 2.75) is 0 Å². The first-order chi connectivity index (χ1) is 29.6. The van der Waals surface area contributed by atoms with Crippen LogP contribution < -0.4 is 0 Å². The van der Waals surface area contributed by atoms with Crippen LogP contribution in [0.4, 0.5) is 0 Å². The molecule has 1 heteroatoms. The predicted octanol–water partition coefficient (Wildman–Crippen LogP) is 14.9. The fourth-order valence-corrected chi connectivity index (χ4v) is 8.10. The van der Waals surface area contributed by atoms with Crippen molar-refractivity contribution in [2.24, 2.45) is 0 Å². The molecule has 0 bridgehead atoms. The second-order valence-electron chi connectivity index (χ2n) is 13.4. The average molecular weight is 681 g/mol. The summed E-state index contributed by atoms with van der Waals surface area (Å²) in [4.78, 5) is 0. The number of rotatable bonds is 4. The molecule has 53 heavy (non-hydrogen) atoms. The zero-order valence-corrected chi connectivity index (χ0v) is 28.3. The zero-order valence-electron chi connectivity index (χ0n) is 36.3. The Morgan fingerprint density at radius 2 is 0.887 bits per heavy atom. The highest BCUT2D eigenvalue weighted by atomic mass is 16.3. The van der Waals surface area contributed by atoms with Crippen molar-refractivity contribution in [1.29, 1.82) is 0 Å². The molecule has 0 aliphatic heterocycles. The summed E-state index contributed by atoms with van der Waals surface area (Å²) >= 11 is 0. The molecule has 11 aromatic rings. The first-order valence-corrected chi connectivity index (χ1v) is 17.6. The normalized spacial score (nSPS) is 13.9. The van der Waals surface area contributed by atoms with E-state index in [1.54, 1.807) is 0 Å². The first-order valence-electron chi connectivity index (χ1n) is 21.6. The molecule has 0 aliphatic carbocycles. The molecule has 0 saturated carbocycles. The molecule has 0 amide bonds. The molecule has 0 atom stereocenters. The Balaban J connectivity index is 1.38. The summed E-state index contributed by atoms with van der Waals surface area (Å²) < 4.78 is 81.6. The minimum Gasteiger partial charge on any atom is -0.455 e. The van der Waals surface area contributed by atoms with Crippen LogP contribution >= 0.6 is 0 Å². The van der Waals surface area contributed by atoms with Crippen LogP contribution in [0.25, 0.3) is 110 Å². The molecule has 11 rings (SSSR count). The second kappa shape index (κ2) is 11.8. The van der Waals surface area contributed by atoms with Crippen molar-refractivity contribution >= 4 is 64.8 Å². The van der Waals surface area contributed by atoms with E-state index in [-0.39, 0.29) is 51.3 Å². The summed E-state index contributed by atoms with van der Waals surface area (Å²) in [6, 6.07) is 44.4. The van der Waals surface area contributed by atoms with Crippen molar-refractivity contribution in [2.75, 3.05) is 0 Å². The van der Waals surface area contributed by atoms with Crippen LogP contribution in [0, 0.1) is 0 Å². The van der Waals surface area contributed by atoms with Gasteiger partial charge in [-0.15, -0.1) is 0 Å². The van der Waals surface area contributed by atoms with Gasteiger partial charge in [0, 0.05) is 22.1 Å². The van der Waals surface area contributed by atoms with Gasteiger partial charge in [-0.05, 0) is 94.3 Å². The monoisotopic (exact) mass is 680 g/mol.